The molecule has 0 aliphatic heterocycles. The van der Waals surface area contributed by atoms with Crippen molar-refractivity contribution in [3.05, 3.63) is 23.7 Å². The van der Waals surface area contributed by atoms with Crippen molar-refractivity contribution in [3.8, 4) is 0 Å². The predicted octanol–water partition coefficient (Wildman–Crippen LogP) is 2.62. The van der Waals surface area contributed by atoms with E-state index >= 15 is 0 Å². The zero-order valence-electron chi connectivity index (χ0n) is 10.3. The van der Waals surface area contributed by atoms with Gasteiger partial charge < -0.3 is 14.5 Å². The standard InChI is InChI=1S/C11H13F4NO3/c1-3-16-8(11(14,15)10(12)13)6-4-5-7(19-6)9(17)18-2/h4-5,8,10,16H,3H2,1-2H3. The van der Waals surface area contributed by atoms with E-state index in [1.165, 1.54) is 6.92 Å². The van der Waals surface area contributed by atoms with Crippen LogP contribution in [-0.4, -0.2) is 32.0 Å². The number of furan rings is 1. The van der Waals surface area contributed by atoms with Crippen molar-refractivity contribution in [2.45, 2.75) is 25.3 Å². The Morgan fingerprint density at radius 1 is 1.47 bits per heavy atom. The molecule has 0 saturated heterocycles. The van der Waals surface area contributed by atoms with Crippen LogP contribution in [0.3, 0.4) is 0 Å². The molecule has 8 heteroatoms. The number of carbonyl (C=O) groups excluding carboxylic acids is 1. The van der Waals surface area contributed by atoms with E-state index in [9.17, 15) is 22.4 Å². The lowest BCUT2D eigenvalue weighted by Crippen LogP contribution is -2.42. The Bertz CT molecular complexity index is 433. The van der Waals surface area contributed by atoms with Gasteiger partial charge in [0, 0.05) is 0 Å². The van der Waals surface area contributed by atoms with Crippen LogP contribution in [0.15, 0.2) is 16.5 Å². The lowest BCUT2D eigenvalue weighted by atomic mass is 10.1. The van der Waals surface area contributed by atoms with Gasteiger partial charge in [-0.05, 0) is 18.7 Å². The molecular weight excluding hydrogens is 270 g/mol. The van der Waals surface area contributed by atoms with E-state index in [1.54, 1.807) is 0 Å². The summed E-state index contributed by atoms with van der Waals surface area (Å²) in [6.07, 6.45) is -3.86. The Kier molecular flexibility index (Phi) is 4.93. The van der Waals surface area contributed by atoms with Crippen molar-refractivity contribution in [1.29, 1.82) is 0 Å². The minimum atomic E-state index is -4.32. The summed E-state index contributed by atoms with van der Waals surface area (Å²) >= 11 is 0. The number of rotatable bonds is 6. The topological polar surface area (TPSA) is 51.5 Å². The second kappa shape index (κ2) is 6.05. The first kappa shape index (κ1) is 15.5. The summed E-state index contributed by atoms with van der Waals surface area (Å²) in [6.45, 7) is 1.51. The molecule has 19 heavy (non-hydrogen) atoms. The third kappa shape index (κ3) is 3.25. The molecular formula is C11H13F4NO3. The van der Waals surface area contributed by atoms with Gasteiger partial charge in [-0.25, -0.2) is 13.6 Å². The Labute approximate surface area is 106 Å². The maximum Gasteiger partial charge on any atom is 0.373 e. The molecule has 0 aliphatic rings. The van der Waals surface area contributed by atoms with Crippen LogP contribution in [0.4, 0.5) is 17.6 Å². The molecule has 1 N–H and O–H groups in total. The van der Waals surface area contributed by atoms with Crippen LogP contribution in [0.25, 0.3) is 0 Å². The van der Waals surface area contributed by atoms with Crippen LogP contribution in [-0.2, 0) is 4.74 Å². The van der Waals surface area contributed by atoms with Crippen molar-refractivity contribution in [2.75, 3.05) is 13.7 Å². The van der Waals surface area contributed by atoms with Crippen molar-refractivity contribution in [1.82, 2.24) is 5.32 Å². The van der Waals surface area contributed by atoms with E-state index < -0.39 is 30.1 Å². The van der Waals surface area contributed by atoms with E-state index in [0.717, 1.165) is 19.2 Å². The molecule has 4 nitrogen and oxygen atoms in total. The van der Waals surface area contributed by atoms with Crippen molar-refractivity contribution < 1.29 is 31.5 Å². The van der Waals surface area contributed by atoms with Gasteiger partial charge in [0.05, 0.1) is 7.11 Å². The summed E-state index contributed by atoms with van der Waals surface area (Å²) in [5.41, 5.74) is 0. The van der Waals surface area contributed by atoms with Gasteiger partial charge >= 0.3 is 18.3 Å². The van der Waals surface area contributed by atoms with E-state index in [0.29, 0.717) is 0 Å². The first-order valence-corrected chi connectivity index (χ1v) is 5.42. The van der Waals surface area contributed by atoms with Gasteiger partial charge in [0.25, 0.3) is 0 Å². The first-order valence-electron chi connectivity index (χ1n) is 5.42. The second-order valence-electron chi connectivity index (χ2n) is 3.66. The van der Waals surface area contributed by atoms with E-state index in [4.69, 9.17) is 4.42 Å². The van der Waals surface area contributed by atoms with Crippen LogP contribution in [0.5, 0.6) is 0 Å². The summed E-state index contributed by atoms with van der Waals surface area (Å²) in [6, 6.07) is 0.110. The molecule has 0 radical (unpaired) electrons. The summed E-state index contributed by atoms with van der Waals surface area (Å²) < 4.78 is 60.7. The van der Waals surface area contributed by atoms with Crippen LogP contribution in [0.2, 0.25) is 0 Å². The van der Waals surface area contributed by atoms with E-state index in [-0.39, 0.29) is 12.3 Å². The zero-order chi connectivity index (χ0) is 14.6. The number of carbonyl (C=O) groups is 1. The second-order valence-corrected chi connectivity index (χ2v) is 3.66. The molecule has 0 amide bonds. The molecule has 1 aromatic rings. The highest BCUT2D eigenvalue weighted by Crippen LogP contribution is 2.37. The fourth-order valence-electron chi connectivity index (χ4n) is 1.47. The lowest BCUT2D eigenvalue weighted by molar-refractivity contribution is -0.154. The summed E-state index contributed by atoms with van der Waals surface area (Å²) in [5, 5.41) is 2.21. The normalized spacial score (nSPS) is 13.6. The number of hydrogen-bond acceptors (Lipinski definition) is 4. The first-order chi connectivity index (χ1) is 8.84. The molecule has 0 saturated carbocycles. The van der Waals surface area contributed by atoms with Gasteiger partial charge in [-0.2, -0.15) is 8.78 Å². The highest BCUT2D eigenvalue weighted by Gasteiger charge is 2.50. The molecule has 1 aromatic heterocycles. The lowest BCUT2D eigenvalue weighted by Gasteiger charge is -2.25. The van der Waals surface area contributed by atoms with Crippen molar-refractivity contribution in [3.63, 3.8) is 0 Å². The number of ether oxygens (including phenoxy) is 1. The molecule has 1 heterocycles. The van der Waals surface area contributed by atoms with Crippen LogP contribution in [0.1, 0.15) is 29.3 Å². The monoisotopic (exact) mass is 283 g/mol. The predicted molar refractivity (Wildman–Crippen MR) is 57.4 cm³/mol. The van der Waals surface area contributed by atoms with Gasteiger partial charge in [-0.1, -0.05) is 6.92 Å². The fourth-order valence-corrected chi connectivity index (χ4v) is 1.47. The number of alkyl halides is 4. The van der Waals surface area contributed by atoms with Gasteiger partial charge in [0.15, 0.2) is 0 Å². The molecule has 1 atom stereocenters. The molecule has 1 rings (SSSR count). The zero-order valence-corrected chi connectivity index (χ0v) is 10.3. The minimum Gasteiger partial charge on any atom is -0.463 e. The molecule has 0 fully saturated rings. The molecule has 0 aromatic carbocycles. The van der Waals surface area contributed by atoms with Crippen molar-refractivity contribution in [2.24, 2.45) is 0 Å². The molecule has 1 unspecified atom stereocenters. The SMILES string of the molecule is CCNC(c1ccc(C(=O)OC)o1)C(F)(F)C(F)F. The Hall–Kier alpha value is -1.57. The fraction of sp³-hybridized carbons (Fsp3) is 0.545. The number of methoxy groups -OCH3 is 1. The summed E-state index contributed by atoms with van der Waals surface area (Å²) in [7, 11) is 1.08. The minimum absolute atomic E-state index is 0.0290. The molecule has 108 valence electrons. The van der Waals surface area contributed by atoms with E-state index in [2.05, 4.69) is 10.1 Å². The summed E-state index contributed by atoms with van der Waals surface area (Å²) in [5.74, 6) is -5.97. The quantitative estimate of drug-likeness (QED) is 0.644. The largest absolute Gasteiger partial charge is 0.463 e. The molecule has 0 bridgehead atoms. The number of hydrogen-bond donors (Lipinski definition) is 1. The highest BCUT2D eigenvalue weighted by atomic mass is 19.3. The Balaban J connectivity index is 3.06. The van der Waals surface area contributed by atoms with Crippen molar-refractivity contribution >= 4 is 5.97 Å². The average molecular weight is 283 g/mol. The van der Waals surface area contributed by atoms with Gasteiger partial charge in [-0.3, -0.25) is 0 Å². The number of halogens is 4. The van der Waals surface area contributed by atoms with Gasteiger partial charge in [0.2, 0.25) is 5.76 Å². The summed E-state index contributed by atoms with van der Waals surface area (Å²) in [4.78, 5) is 11.1. The maximum absolute atomic E-state index is 13.4. The third-order valence-electron chi connectivity index (χ3n) is 2.38. The molecule has 0 aliphatic carbocycles. The smallest absolute Gasteiger partial charge is 0.373 e. The average Bonchev–Trinajstić information content (AvgIpc) is 2.83. The van der Waals surface area contributed by atoms with Crippen LogP contribution < -0.4 is 5.32 Å². The van der Waals surface area contributed by atoms with E-state index in [1.807, 2.05) is 0 Å². The van der Waals surface area contributed by atoms with Crippen LogP contribution in [0, 0.1) is 0 Å². The third-order valence-corrected chi connectivity index (χ3v) is 2.38. The van der Waals surface area contributed by atoms with Gasteiger partial charge in [-0.15, -0.1) is 0 Å². The molecule has 0 spiro atoms. The number of esters is 1. The highest BCUT2D eigenvalue weighted by molar-refractivity contribution is 5.86. The van der Waals surface area contributed by atoms with Gasteiger partial charge in [0.1, 0.15) is 11.8 Å². The Morgan fingerprint density at radius 3 is 2.58 bits per heavy atom. The maximum atomic E-state index is 13.4. The number of nitrogens with one attached hydrogen (secondary N) is 1. The Morgan fingerprint density at radius 2 is 2.11 bits per heavy atom. The van der Waals surface area contributed by atoms with Crippen LogP contribution >= 0.6 is 0 Å².